The fraction of sp³-hybridized carbons (Fsp3) is 0.500. The van der Waals surface area contributed by atoms with Crippen molar-refractivity contribution in [3.8, 4) is 0 Å². The maximum atomic E-state index is 12.6. The highest BCUT2D eigenvalue weighted by molar-refractivity contribution is 5.99. The van der Waals surface area contributed by atoms with E-state index in [-0.39, 0.29) is 16.7 Å². The molecule has 1 aromatic rings. The van der Waals surface area contributed by atoms with Gasteiger partial charge in [0.15, 0.2) is 0 Å². The van der Waals surface area contributed by atoms with E-state index in [1.807, 2.05) is 6.92 Å². The van der Waals surface area contributed by atoms with Crippen molar-refractivity contribution in [1.82, 2.24) is 5.32 Å². The first kappa shape index (κ1) is 14.7. The summed E-state index contributed by atoms with van der Waals surface area (Å²) in [5.41, 5.74) is 4.79. The van der Waals surface area contributed by atoms with E-state index in [0.717, 1.165) is 37.5 Å². The quantitative estimate of drug-likeness (QED) is 0.835. The second-order valence-electron chi connectivity index (χ2n) is 5.34. The number of carbonyl (C=O) groups is 1. The first-order valence-corrected chi connectivity index (χ1v) is 6.52. The van der Waals surface area contributed by atoms with Gasteiger partial charge in [-0.1, -0.05) is 6.92 Å². The van der Waals surface area contributed by atoms with Crippen LogP contribution in [-0.2, 0) is 6.18 Å². The van der Waals surface area contributed by atoms with Gasteiger partial charge in [-0.3, -0.25) is 4.79 Å². The lowest BCUT2D eigenvalue weighted by molar-refractivity contribution is -0.137. The van der Waals surface area contributed by atoms with Crippen LogP contribution in [-0.4, -0.2) is 12.5 Å². The predicted octanol–water partition coefficient (Wildman–Crippen LogP) is 3.21. The number of rotatable bonds is 4. The van der Waals surface area contributed by atoms with E-state index in [1.54, 1.807) is 0 Å². The Labute approximate surface area is 115 Å². The SMILES string of the molecule is CCC1(CNC(=O)c2cc(C(F)(F)F)ccc2N)CC1. The van der Waals surface area contributed by atoms with Gasteiger partial charge in [-0.05, 0) is 42.9 Å². The summed E-state index contributed by atoms with van der Waals surface area (Å²) in [5.74, 6) is -0.548. The Hall–Kier alpha value is -1.72. The van der Waals surface area contributed by atoms with Crippen molar-refractivity contribution in [3.05, 3.63) is 29.3 Å². The molecule has 0 unspecified atom stereocenters. The van der Waals surface area contributed by atoms with Crippen LogP contribution in [0.3, 0.4) is 0 Å². The lowest BCUT2D eigenvalue weighted by atomic mass is 10.0. The van der Waals surface area contributed by atoms with Crippen LogP contribution in [0.2, 0.25) is 0 Å². The third-order valence-corrected chi connectivity index (χ3v) is 3.96. The van der Waals surface area contributed by atoms with Crippen LogP contribution in [0.15, 0.2) is 18.2 Å². The molecule has 0 aromatic heterocycles. The Kier molecular flexibility index (Phi) is 3.67. The number of hydrogen-bond donors (Lipinski definition) is 2. The smallest absolute Gasteiger partial charge is 0.398 e. The van der Waals surface area contributed by atoms with Gasteiger partial charge < -0.3 is 11.1 Å². The van der Waals surface area contributed by atoms with Crippen LogP contribution in [0.1, 0.15) is 42.1 Å². The summed E-state index contributed by atoms with van der Waals surface area (Å²) in [7, 11) is 0. The van der Waals surface area contributed by atoms with Crippen molar-refractivity contribution < 1.29 is 18.0 Å². The van der Waals surface area contributed by atoms with E-state index in [4.69, 9.17) is 5.73 Å². The molecule has 0 atom stereocenters. The molecule has 0 heterocycles. The highest BCUT2D eigenvalue weighted by Crippen LogP contribution is 2.47. The Balaban J connectivity index is 2.13. The summed E-state index contributed by atoms with van der Waals surface area (Å²) in [6.07, 6.45) is -1.45. The molecule has 0 radical (unpaired) electrons. The highest BCUT2D eigenvalue weighted by Gasteiger charge is 2.40. The average molecular weight is 286 g/mol. The van der Waals surface area contributed by atoms with Crippen molar-refractivity contribution in [2.75, 3.05) is 12.3 Å². The van der Waals surface area contributed by atoms with Crippen molar-refractivity contribution in [1.29, 1.82) is 0 Å². The minimum Gasteiger partial charge on any atom is -0.398 e. The monoisotopic (exact) mass is 286 g/mol. The number of carbonyl (C=O) groups excluding carboxylic acids is 1. The largest absolute Gasteiger partial charge is 0.416 e. The van der Waals surface area contributed by atoms with Crippen molar-refractivity contribution >= 4 is 11.6 Å². The van der Waals surface area contributed by atoms with Crippen LogP contribution in [0.5, 0.6) is 0 Å². The second-order valence-corrected chi connectivity index (χ2v) is 5.34. The van der Waals surface area contributed by atoms with Crippen LogP contribution >= 0.6 is 0 Å². The predicted molar refractivity (Wildman–Crippen MR) is 70.1 cm³/mol. The molecule has 3 N–H and O–H groups in total. The minimum atomic E-state index is -4.48. The molecule has 0 spiro atoms. The molecular weight excluding hydrogens is 269 g/mol. The van der Waals surface area contributed by atoms with Crippen LogP contribution in [0, 0.1) is 5.41 Å². The number of halogens is 3. The minimum absolute atomic E-state index is 0.0526. The molecule has 6 heteroatoms. The molecule has 1 aromatic carbocycles. The number of hydrogen-bond acceptors (Lipinski definition) is 2. The molecule has 1 aliphatic carbocycles. The van der Waals surface area contributed by atoms with Crippen LogP contribution < -0.4 is 11.1 Å². The maximum Gasteiger partial charge on any atom is 0.416 e. The maximum absolute atomic E-state index is 12.6. The van der Waals surface area contributed by atoms with Gasteiger partial charge in [-0.15, -0.1) is 0 Å². The molecule has 0 bridgehead atoms. The highest BCUT2D eigenvalue weighted by atomic mass is 19.4. The van der Waals surface area contributed by atoms with Gasteiger partial charge in [0, 0.05) is 12.2 Å². The number of amides is 1. The van der Waals surface area contributed by atoms with Crippen molar-refractivity contribution in [2.24, 2.45) is 5.41 Å². The summed E-state index contributed by atoms with van der Waals surface area (Å²) in [4.78, 5) is 12.0. The molecule has 1 aliphatic rings. The van der Waals surface area contributed by atoms with E-state index in [2.05, 4.69) is 5.32 Å². The van der Waals surface area contributed by atoms with E-state index in [9.17, 15) is 18.0 Å². The zero-order valence-corrected chi connectivity index (χ0v) is 11.2. The number of alkyl halides is 3. The summed E-state index contributed by atoms with van der Waals surface area (Å²) in [6.45, 7) is 2.52. The van der Waals surface area contributed by atoms with E-state index in [1.165, 1.54) is 0 Å². The third kappa shape index (κ3) is 3.05. The number of anilines is 1. The lowest BCUT2D eigenvalue weighted by Crippen LogP contribution is -2.30. The number of nitrogen functional groups attached to an aromatic ring is 1. The van der Waals surface area contributed by atoms with Crippen molar-refractivity contribution in [2.45, 2.75) is 32.4 Å². The Morgan fingerprint density at radius 2 is 2.05 bits per heavy atom. The Bertz CT molecular complexity index is 522. The van der Waals surface area contributed by atoms with Crippen LogP contribution in [0.25, 0.3) is 0 Å². The lowest BCUT2D eigenvalue weighted by Gasteiger charge is -2.15. The summed E-state index contributed by atoms with van der Waals surface area (Å²) in [6, 6.07) is 2.79. The molecule has 0 saturated heterocycles. The Morgan fingerprint density at radius 1 is 1.40 bits per heavy atom. The molecule has 110 valence electrons. The summed E-state index contributed by atoms with van der Waals surface area (Å²) >= 11 is 0. The topological polar surface area (TPSA) is 55.1 Å². The molecular formula is C14H17F3N2O. The molecule has 20 heavy (non-hydrogen) atoms. The van der Waals surface area contributed by atoms with Gasteiger partial charge in [-0.25, -0.2) is 0 Å². The summed E-state index contributed by atoms with van der Waals surface area (Å²) in [5, 5.41) is 2.69. The standard InChI is InChI=1S/C14H17F3N2O/c1-2-13(5-6-13)8-19-12(20)10-7-9(14(15,16)17)3-4-11(10)18/h3-4,7H,2,5-6,8,18H2,1H3,(H,19,20). The normalized spacial score (nSPS) is 16.8. The molecule has 3 nitrogen and oxygen atoms in total. The molecule has 1 saturated carbocycles. The summed E-state index contributed by atoms with van der Waals surface area (Å²) < 4.78 is 37.9. The number of benzene rings is 1. The van der Waals surface area contributed by atoms with Gasteiger partial charge in [0.2, 0.25) is 0 Å². The van der Waals surface area contributed by atoms with Gasteiger partial charge in [0.05, 0.1) is 11.1 Å². The average Bonchev–Trinajstić information content (AvgIpc) is 3.16. The fourth-order valence-electron chi connectivity index (χ4n) is 2.12. The van der Waals surface area contributed by atoms with Gasteiger partial charge in [0.1, 0.15) is 0 Å². The van der Waals surface area contributed by atoms with Crippen molar-refractivity contribution in [3.63, 3.8) is 0 Å². The van der Waals surface area contributed by atoms with E-state index >= 15 is 0 Å². The molecule has 2 rings (SSSR count). The number of nitrogens with one attached hydrogen (secondary N) is 1. The third-order valence-electron chi connectivity index (χ3n) is 3.96. The van der Waals surface area contributed by atoms with E-state index < -0.39 is 17.6 Å². The van der Waals surface area contributed by atoms with E-state index in [0.29, 0.717) is 6.54 Å². The zero-order chi connectivity index (χ0) is 15.0. The second kappa shape index (κ2) is 5.00. The first-order chi connectivity index (χ1) is 9.27. The zero-order valence-electron chi connectivity index (χ0n) is 11.2. The molecule has 0 aliphatic heterocycles. The Morgan fingerprint density at radius 3 is 2.55 bits per heavy atom. The van der Waals surface area contributed by atoms with Gasteiger partial charge >= 0.3 is 6.18 Å². The number of nitrogens with two attached hydrogens (primary N) is 1. The molecule has 1 fully saturated rings. The molecule has 1 amide bonds. The van der Waals surface area contributed by atoms with Gasteiger partial charge in [0.25, 0.3) is 5.91 Å². The first-order valence-electron chi connectivity index (χ1n) is 6.52. The van der Waals surface area contributed by atoms with Gasteiger partial charge in [-0.2, -0.15) is 13.2 Å². The van der Waals surface area contributed by atoms with Crippen LogP contribution in [0.4, 0.5) is 18.9 Å². The fourth-order valence-corrected chi connectivity index (χ4v) is 2.12.